The SMILES string of the molecule is CC1(C)CCCCC1.O=Cc1ccc2nc(Nc3ccc(F)cc3)[nH]c2c1. The predicted molar refractivity (Wildman–Crippen MR) is 108 cm³/mol. The van der Waals surface area contributed by atoms with E-state index in [9.17, 15) is 9.18 Å². The number of fused-ring (bicyclic) bond motifs is 1. The standard InChI is InChI=1S/C14H10FN3O.C8H16/c15-10-2-4-11(5-3-10)16-14-17-12-6-1-9(8-19)7-13(12)18-14;1-8(2)6-4-3-5-7-8/h1-8H,(H2,16,17,18);3-7H2,1-2H3. The second-order valence-electron chi connectivity index (χ2n) is 7.84. The first-order chi connectivity index (χ1) is 12.9. The molecular formula is C22H26FN3O. The molecule has 0 bridgehead atoms. The Bertz CT molecular complexity index is 892. The molecule has 1 aliphatic carbocycles. The second-order valence-corrected chi connectivity index (χ2v) is 7.84. The number of hydrogen-bond acceptors (Lipinski definition) is 3. The third-order valence-electron chi connectivity index (χ3n) is 4.96. The summed E-state index contributed by atoms with van der Waals surface area (Å²) in [5, 5.41) is 3.04. The monoisotopic (exact) mass is 367 g/mol. The van der Waals surface area contributed by atoms with E-state index in [1.807, 2.05) is 0 Å². The van der Waals surface area contributed by atoms with E-state index in [0.717, 1.165) is 23.0 Å². The van der Waals surface area contributed by atoms with Gasteiger partial charge in [0.05, 0.1) is 11.0 Å². The maximum Gasteiger partial charge on any atom is 0.205 e. The highest BCUT2D eigenvalue weighted by Crippen LogP contribution is 2.34. The first kappa shape index (κ1) is 19.1. The summed E-state index contributed by atoms with van der Waals surface area (Å²) in [6.07, 6.45) is 8.09. The maximum atomic E-state index is 12.8. The van der Waals surface area contributed by atoms with Crippen molar-refractivity contribution in [2.45, 2.75) is 46.0 Å². The van der Waals surface area contributed by atoms with E-state index in [0.29, 0.717) is 16.9 Å². The molecule has 1 aromatic heterocycles. The summed E-state index contributed by atoms with van der Waals surface area (Å²) in [6, 6.07) is 11.2. The summed E-state index contributed by atoms with van der Waals surface area (Å²) >= 11 is 0. The highest BCUT2D eigenvalue weighted by molar-refractivity contribution is 5.86. The van der Waals surface area contributed by atoms with E-state index in [4.69, 9.17) is 0 Å². The van der Waals surface area contributed by atoms with Crippen LogP contribution in [0.4, 0.5) is 16.0 Å². The number of halogens is 1. The van der Waals surface area contributed by atoms with Crippen LogP contribution < -0.4 is 5.32 Å². The minimum Gasteiger partial charge on any atom is -0.326 e. The van der Waals surface area contributed by atoms with Crippen LogP contribution in [0, 0.1) is 11.2 Å². The zero-order chi connectivity index (χ0) is 19.3. The lowest BCUT2D eigenvalue weighted by Gasteiger charge is -2.28. The molecule has 142 valence electrons. The Balaban J connectivity index is 0.000000221. The highest BCUT2D eigenvalue weighted by Gasteiger charge is 2.19. The molecule has 4 nitrogen and oxygen atoms in total. The molecule has 0 unspecified atom stereocenters. The Hall–Kier alpha value is -2.69. The minimum absolute atomic E-state index is 0.286. The number of aldehydes is 1. The Morgan fingerprint density at radius 2 is 1.78 bits per heavy atom. The van der Waals surface area contributed by atoms with Crippen molar-refractivity contribution in [1.82, 2.24) is 9.97 Å². The number of nitrogens with one attached hydrogen (secondary N) is 2. The molecule has 2 N–H and O–H groups in total. The van der Waals surface area contributed by atoms with Gasteiger partial charge >= 0.3 is 0 Å². The van der Waals surface area contributed by atoms with Gasteiger partial charge in [-0.15, -0.1) is 0 Å². The fourth-order valence-electron chi connectivity index (χ4n) is 3.34. The fourth-order valence-corrected chi connectivity index (χ4v) is 3.34. The predicted octanol–water partition coefficient (Wildman–Crippen LogP) is 6.23. The summed E-state index contributed by atoms with van der Waals surface area (Å²) in [5.74, 6) is 0.260. The van der Waals surface area contributed by atoms with Gasteiger partial charge in [0, 0.05) is 11.3 Å². The Morgan fingerprint density at radius 1 is 1.07 bits per heavy atom. The Kier molecular flexibility index (Phi) is 5.89. The van der Waals surface area contributed by atoms with Crippen LogP contribution in [0.1, 0.15) is 56.3 Å². The third-order valence-corrected chi connectivity index (χ3v) is 4.96. The molecule has 1 heterocycles. The summed E-state index contributed by atoms with van der Waals surface area (Å²) in [5.41, 5.74) is 3.53. The summed E-state index contributed by atoms with van der Waals surface area (Å²) in [4.78, 5) is 18.1. The summed E-state index contributed by atoms with van der Waals surface area (Å²) < 4.78 is 12.8. The Labute approximate surface area is 159 Å². The van der Waals surface area contributed by atoms with Gasteiger partial charge < -0.3 is 10.3 Å². The molecule has 1 saturated carbocycles. The first-order valence-corrected chi connectivity index (χ1v) is 9.43. The van der Waals surface area contributed by atoms with E-state index < -0.39 is 0 Å². The van der Waals surface area contributed by atoms with Crippen LogP contribution in [0.5, 0.6) is 0 Å². The third kappa shape index (κ3) is 5.39. The van der Waals surface area contributed by atoms with Crippen LogP contribution in [0.2, 0.25) is 0 Å². The molecule has 0 saturated heterocycles. The topological polar surface area (TPSA) is 57.8 Å². The van der Waals surface area contributed by atoms with Crippen LogP contribution >= 0.6 is 0 Å². The van der Waals surface area contributed by atoms with Gasteiger partial charge in [0.15, 0.2) is 0 Å². The van der Waals surface area contributed by atoms with Crippen LogP contribution in [-0.4, -0.2) is 16.3 Å². The normalized spacial score (nSPS) is 15.7. The smallest absolute Gasteiger partial charge is 0.205 e. The molecule has 5 heteroatoms. The van der Waals surface area contributed by atoms with Crippen molar-refractivity contribution in [3.05, 3.63) is 53.8 Å². The highest BCUT2D eigenvalue weighted by atomic mass is 19.1. The van der Waals surface area contributed by atoms with E-state index in [2.05, 4.69) is 29.1 Å². The van der Waals surface area contributed by atoms with Crippen LogP contribution in [0.15, 0.2) is 42.5 Å². The van der Waals surface area contributed by atoms with Crippen molar-refractivity contribution >= 4 is 29.0 Å². The van der Waals surface area contributed by atoms with Crippen molar-refractivity contribution < 1.29 is 9.18 Å². The van der Waals surface area contributed by atoms with Crippen molar-refractivity contribution in [2.75, 3.05) is 5.32 Å². The van der Waals surface area contributed by atoms with Gasteiger partial charge in [-0.05, 0) is 60.7 Å². The number of carbonyl (C=O) groups is 1. The van der Waals surface area contributed by atoms with Crippen molar-refractivity contribution in [3.8, 4) is 0 Å². The van der Waals surface area contributed by atoms with E-state index in [-0.39, 0.29) is 5.82 Å². The molecule has 0 radical (unpaired) electrons. The zero-order valence-corrected chi connectivity index (χ0v) is 15.9. The molecule has 1 aliphatic rings. The van der Waals surface area contributed by atoms with Gasteiger partial charge in [-0.1, -0.05) is 33.1 Å². The van der Waals surface area contributed by atoms with Crippen molar-refractivity contribution in [1.29, 1.82) is 0 Å². The van der Waals surface area contributed by atoms with Gasteiger partial charge in [-0.25, -0.2) is 9.37 Å². The van der Waals surface area contributed by atoms with Gasteiger partial charge in [0.25, 0.3) is 0 Å². The number of carbonyl (C=O) groups excluding carboxylic acids is 1. The number of nitrogens with zero attached hydrogens (tertiary/aromatic N) is 1. The molecule has 1 fully saturated rings. The number of aromatic amines is 1. The van der Waals surface area contributed by atoms with E-state index >= 15 is 0 Å². The molecule has 0 atom stereocenters. The lowest BCUT2D eigenvalue weighted by molar-refractivity contribution is 0.112. The lowest BCUT2D eigenvalue weighted by atomic mass is 9.78. The van der Waals surface area contributed by atoms with Gasteiger partial charge in [-0.3, -0.25) is 4.79 Å². The average molecular weight is 367 g/mol. The number of rotatable bonds is 3. The fraction of sp³-hybridized carbons (Fsp3) is 0.364. The van der Waals surface area contributed by atoms with Crippen molar-refractivity contribution in [3.63, 3.8) is 0 Å². The van der Waals surface area contributed by atoms with Gasteiger partial charge in [0.2, 0.25) is 5.95 Å². The quantitative estimate of drug-likeness (QED) is 0.539. The van der Waals surface area contributed by atoms with E-state index in [1.54, 1.807) is 30.3 Å². The summed E-state index contributed by atoms with van der Waals surface area (Å²) in [7, 11) is 0. The average Bonchev–Trinajstić information content (AvgIpc) is 3.05. The number of hydrogen-bond donors (Lipinski definition) is 2. The molecule has 27 heavy (non-hydrogen) atoms. The van der Waals surface area contributed by atoms with E-state index in [1.165, 1.54) is 44.2 Å². The molecule has 0 amide bonds. The number of aromatic nitrogens is 2. The largest absolute Gasteiger partial charge is 0.326 e. The van der Waals surface area contributed by atoms with Crippen LogP contribution in [0.3, 0.4) is 0 Å². The first-order valence-electron chi connectivity index (χ1n) is 9.43. The van der Waals surface area contributed by atoms with Crippen LogP contribution in [-0.2, 0) is 0 Å². The summed E-state index contributed by atoms with van der Waals surface area (Å²) in [6.45, 7) is 4.76. The number of imidazole rings is 1. The maximum absolute atomic E-state index is 12.8. The lowest BCUT2D eigenvalue weighted by Crippen LogP contribution is -2.14. The van der Waals surface area contributed by atoms with Crippen LogP contribution in [0.25, 0.3) is 11.0 Å². The molecule has 0 aliphatic heterocycles. The Morgan fingerprint density at radius 3 is 2.37 bits per heavy atom. The molecule has 4 rings (SSSR count). The zero-order valence-electron chi connectivity index (χ0n) is 15.9. The molecule has 3 aromatic rings. The number of benzene rings is 2. The number of anilines is 2. The minimum atomic E-state index is -0.286. The second kappa shape index (κ2) is 8.33. The molecule has 0 spiro atoms. The van der Waals surface area contributed by atoms with Gasteiger partial charge in [-0.2, -0.15) is 0 Å². The molecular weight excluding hydrogens is 341 g/mol. The molecule has 2 aromatic carbocycles. The van der Waals surface area contributed by atoms with Gasteiger partial charge in [0.1, 0.15) is 12.1 Å². The van der Waals surface area contributed by atoms with Crippen molar-refractivity contribution in [2.24, 2.45) is 5.41 Å². The number of H-pyrrole nitrogens is 1.